The van der Waals surface area contributed by atoms with Crippen LogP contribution >= 0.6 is 0 Å². The Hall–Kier alpha value is -1.89. The van der Waals surface area contributed by atoms with Crippen molar-refractivity contribution in [3.05, 3.63) is 69.8 Å². The highest BCUT2D eigenvalue weighted by atomic mass is 16.1. The molecule has 0 heterocycles. The van der Waals surface area contributed by atoms with E-state index < -0.39 is 0 Å². The minimum Gasteiger partial charge on any atom is -0.289 e. The Labute approximate surface area is 145 Å². The lowest BCUT2D eigenvalue weighted by molar-refractivity contribution is 0.103. The molecule has 1 nitrogen and oxygen atoms in total. The molecule has 2 fully saturated rings. The van der Waals surface area contributed by atoms with E-state index >= 15 is 0 Å². The summed E-state index contributed by atoms with van der Waals surface area (Å²) in [6, 6.07) is 12.5. The van der Waals surface area contributed by atoms with Crippen molar-refractivity contribution in [2.75, 3.05) is 0 Å². The molecular formula is C23H26O. The highest BCUT2D eigenvalue weighted by Crippen LogP contribution is 2.50. The van der Waals surface area contributed by atoms with Crippen LogP contribution in [0.4, 0.5) is 0 Å². The van der Waals surface area contributed by atoms with Gasteiger partial charge in [0.25, 0.3) is 0 Å². The third-order valence-corrected chi connectivity index (χ3v) is 6.30. The van der Waals surface area contributed by atoms with Gasteiger partial charge >= 0.3 is 0 Å². The number of benzene rings is 2. The Morgan fingerprint density at radius 3 is 1.46 bits per heavy atom. The number of hydrogen-bond donors (Lipinski definition) is 0. The lowest BCUT2D eigenvalue weighted by atomic mass is 9.88. The fourth-order valence-corrected chi connectivity index (χ4v) is 3.91. The molecule has 2 aromatic carbocycles. The summed E-state index contributed by atoms with van der Waals surface area (Å²) in [6.07, 6.45) is 4.94. The summed E-state index contributed by atoms with van der Waals surface area (Å²) in [5.74, 6) is 0.158. The Bertz CT molecular complexity index is 766. The van der Waals surface area contributed by atoms with Crippen molar-refractivity contribution in [2.24, 2.45) is 0 Å². The molecule has 0 radical (unpaired) electrons. The zero-order chi connectivity index (χ0) is 17.1. The van der Waals surface area contributed by atoms with Gasteiger partial charge in [0.05, 0.1) is 0 Å². The lowest BCUT2D eigenvalue weighted by Crippen LogP contribution is -2.10. The predicted molar refractivity (Wildman–Crippen MR) is 99.0 cm³/mol. The van der Waals surface area contributed by atoms with E-state index in [9.17, 15) is 4.79 Å². The lowest BCUT2D eigenvalue weighted by Gasteiger charge is -2.16. The maximum atomic E-state index is 13.1. The van der Waals surface area contributed by atoms with Crippen molar-refractivity contribution in [1.82, 2.24) is 0 Å². The van der Waals surface area contributed by atoms with Gasteiger partial charge in [0.15, 0.2) is 5.78 Å². The molecule has 2 saturated carbocycles. The SMILES string of the molecule is Cc1ccc(C(=O)c2ccc(C)c(C3(C)CC3)c2)cc1C1(C)CC1. The fourth-order valence-electron chi connectivity index (χ4n) is 3.91. The summed E-state index contributed by atoms with van der Waals surface area (Å²) in [7, 11) is 0. The van der Waals surface area contributed by atoms with Crippen molar-refractivity contribution in [1.29, 1.82) is 0 Å². The van der Waals surface area contributed by atoms with Crippen LogP contribution in [-0.4, -0.2) is 5.78 Å². The summed E-state index contributed by atoms with van der Waals surface area (Å²) in [4.78, 5) is 13.1. The van der Waals surface area contributed by atoms with E-state index in [1.165, 1.54) is 47.9 Å². The van der Waals surface area contributed by atoms with Crippen LogP contribution in [0.2, 0.25) is 0 Å². The van der Waals surface area contributed by atoms with E-state index in [1.54, 1.807) is 0 Å². The fraction of sp³-hybridized carbons (Fsp3) is 0.435. The van der Waals surface area contributed by atoms with Crippen molar-refractivity contribution in [3.63, 3.8) is 0 Å². The van der Waals surface area contributed by atoms with E-state index in [0.717, 1.165) is 11.1 Å². The van der Waals surface area contributed by atoms with E-state index in [4.69, 9.17) is 0 Å². The maximum absolute atomic E-state index is 13.1. The van der Waals surface area contributed by atoms with Crippen LogP contribution in [0.25, 0.3) is 0 Å². The van der Waals surface area contributed by atoms with Gasteiger partial charge in [-0.2, -0.15) is 0 Å². The molecule has 4 rings (SSSR count). The van der Waals surface area contributed by atoms with Gasteiger partial charge in [0.2, 0.25) is 0 Å². The highest BCUT2D eigenvalue weighted by Gasteiger charge is 2.41. The second-order valence-electron chi connectivity index (χ2n) is 8.51. The molecule has 2 aliphatic carbocycles. The minimum atomic E-state index is 0.158. The van der Waals surface area contributed by atoms with E-state index in [1.807, 2.05) is 12.1 Å². The topological polar surface area (TPSA) is 17.1 Å². The minimum absolute atomic E-state index is 0.158. The molecular weight excluding hydrogens is 292 g/mol. The first kappa shape index (κ1) is 15.6. The number of carbonyl (C=O) groups excluding carboxylic acids is 1. The summed E-state index contributed by atoms with van der Waals surface area (Å²) >= 11 is 0. The molecule has 0 N–H and O–H groups in total. The van der Waals surface area contributed by atoms with Crippen LogP contribution < -0.4 is 0 Å². The standard InChI is InChI=1S/C23H26O/c1-15-5-7-17(13-19(15)22(3)9-10-22)21(24)18-8-6-16(2)20(14-18)23(4)11-12-23/h5-8,13-14H,9-12H2,1-4H3. The van der Waals surface area contributed by atoms with Crippen molar-refractivity contribution in [2.45, 2.75) is 64.2 Å². The Morgan fingerprint density at radius 1 is 0.750 bits per heavy atom. The number of carbonyl (C=O) groups is 1. The Balaban J connectivity index is 1.72. The summed E-state index contributed by atoms with van der Waals surface area (Å²) < 4.78 is 0. The Morgan fingerprint density at radius 2 is 1.12 bits per heavy atom. The normalized spacial score (nSPS) is 19.8. The molecule has 0 aromatic heterocycles. The van der Waals surface area contributed by atoms with Crippen LogP contribution in [0.1, 0.15) is 77.7 Å². The third-order valence-electron chi connectivity index (χ3n) is 6.30. The molecule has 0 spiro atoms. The average molecular weight is 318 g/mol. The quantitative estimate of drug-likeness (QED) is 0.667. The summed E-state index contributed by atoms with van der Waals surface area (Å²) in [5.41, 5.74) is 7.58. The van der Waals surface area contributed by atoms with Crippen LogP contribution in [-0.2, 0) is 10.8 Å². The van der Waals surface area contributed by atoms with Gasteiger partial charge in [0, 0.05) is 11.1 Å². The molecule has 2 aliphatic rings. The number of hydrogen-bond acceptors (Lipinski definition) is 1. The van der Waals surface area contributed by atoms with Crippen LogP contribution in [0, 0.1) is 13.8 Å². The second-order valence-corrected chi connectivity index (χ2v) is 8.51. The van der Waals surface area contributed by atoms with Gasteiger partial charge < -0.3 is 0 Å². The van der Waals surface area contributed by atoms with Gasteiger partial charge in [-0.25, -0.2) is 0 Å². The molecule has 0 unspecified atom stereocenters. The van der Waals surface area contributed by atoms with E-state index in [2.05, 4.69) is 52.0 Å². The van der Waals surface area contributed by atoms with Crippen molar-refractivity contribution in [3.8, 4) is 0 Å². The number of ketones is 1. The molecule has 0 saturated heterocycles. The van der Waals surface area contributed by atoms with Crippen molar-refractivity contribution < 1.29 is 4.79 Å². The van der Waals surface area contributed by atoms with E-state index in [0.29, 0.717) is 10.8 Å². The predicted octanol–water partition coefficient (Wildman–Crippen LogP) is 5.64. The average Bonchev–Trinajstić information content (AvgIpc) is 3.47. The van der Waals surface area contributed by atoms with Gasteiger partial charge in [0.1, 0.15) is 0 Å². The molecule has 1 heteroatoms. The maximum Gasteiger partial charge on any atom is 0.193 e. The first-order chi connectivity index (χ1) is 11.3. The van der Waals surface area contributed by atoms with Gasteiger partial charge in [-0.3, -0.25) is 4.79 Å². The van der Waals surface area contributed by atoms with E-state index in [-0.39, 0.29) is 5.78 Å². The van der Waals surface area contributed by atoms with Gasteiger partial charge in [-0.1, -0.05) is 38.1 Å². The first-order valence-corrected chi connectivity index (χ1v) is 9.09. The van der Waals surface area contributed by atoms with Gasteiger partial charge in [-0.15, -0.1) is 0 Å². The van der Waals surface area contributed by atoms with Crippen LogP contribution in [0.5, 0.6) is 0 Å². The van der Waals surface area contributed by atoms with Crippen molar-refractivity contribution >= 4 is 5.78 Å². The smallest absolute Gasteiger partial charge is 0.193 e. The summed E-state index contributed by atoms with van der Waals surface area (Å²) in [6.45, 7) is 8.93. The molecule has 124 valence electrons. The summed E-state index contributed by atoms with van der Waals surface area (Å²) in [5, 5.41) is 0. The zero-order valence-corrected chi connectivity index (χ0v) is 15.2. The number of rotatable bonds is 4. The molecule has 24 heavy (non-hydrogen) atoms. The number of aryl methyl sites for hydroxylation is 2. The van der Waals surface area contributed by atoms with Crippen LogP contribution in [0.15, 0.2) is 36.4 Å². The van der Waals surface area contributed by atoms with Gasteiger partial charge in [-0.05, 0) is 84.7 Å². The molecule has 0 amide bonds. The monoisotopic (exact) mass is 318 g/mol. The van der Waals surface area contributed by atoms with Crippen LogP contribution in [0.3, 0.4) is 0 Å². The Kier molecular flexibility index (Phi) is 3.29. The third kappa shape index (κ3) is 2.51. The largest absolute Gasteiger partial charge is 0.289 e. The molecule has 0 aliphatic heterocycles. The zero-order valence-electron chi connectivity index (χ0n) is 15.2. The molecule has 0 atom stereocenters. The highest BCUT2D eigenvalue weighted by molar-refractivity contribution is 6.09. The second kappa shape index (κ2) is 5.05. The molecule has 0 bridgehead atoms. The molecule has 2 aromatic rings. The first-order valence-electron chi connectivity index (χ1n) is 9.09.